The Hall–Kier alpha value is -0.450. The van der Waals surface area contributed by atoms with Gasteiger partial charge in [-0.25, -0.2) is 4.98 Å². The number of thiazole rings is 1. The lowest BCUT2D eigenvalue weighted by atomic mass is 9.77. The van der Waals surface area contributed by atoms with Crippen LogP contribution in [0.2, 0.25) is 0 Å². The average molecular weight is 252 g/mol. The predicted molar refractivity (Wildman–Crippen MR) is 69.3 cm³/mol. The van der Waals surface area contributed by atoms with E-state index in [0.29, 0.717) is 6.10 Å². The molecule has 2 aliphatic rings. The number of nitrogens with one attached hydrogen (secondary N) is 1. The molecular weight excluding hydrogens is 232 g/mol. The highest BCUT2D eigenvalue weighted by Gasteiger charge is 2.42. The lowest BCUT2D eigenvalue weighted by molar-refractivity contribution is 0.0624. The Bertz CT molecular complexity index is 364. The van der Waals surface area contributed by atoms with E-state index in [1.165, 1.54) is 18.5 Å². The molecule has 0 radical (unpaired) electrons. The highest BCUT2D eigenvalue weighted by molar-refractivity contribution is 7.07. The van der Waals surface area contributed by atoms with E-state index in [-0.39, 0.29) is 5.41 Å². The van der Waals surface area contributed by atoms with Crippen molar-refractivity contribution < 1.29 is 4.74 Å². The van der Waals surface area contributed by atoms with Crippen molar-refractivity contribution in [1.82, 2.24) is 10.3 Å². The van der Waals surface area contributed by atoms with Crippen molar-refractivity contribution in [2.24, 2.45) is 5.41 Å². The molecule has 94 valence electrons. The van der Waals surface area contributed by atoms with Crippen LogP contribution in [0.15, 0.2) is 10.9 Å². The van der Waals surface area contributed by atoms with Gasteiger partial charge in [0.2, 0.25) is 0 Å². The third kappa shape index (κ3) is 2.54. The summed E-state index contributed by atoms with van der Waals surface area (Å²) in [5.74, 6) is 0. The molecule has 1 aliphatic carbocycles. The SMILES string of the molecule is CC1OCCC1(CNC1CC1)Cc1cscn1. The molecule has 0 bridgehead atoms. The minimum Gasteiger partial charge on any atom is -0.378 e. The fourth-order valence-corrected chi connectivity index (χ4v) is 3.22. The van der Waals surface area contributed by atoms with Crippen LogP contribution in [0.5, 0.6) is 0 Å². The van der Waals surface area contributed by atoms with Gasteiger partial charge in [-0.1, -0.05) is 0 Å². The van der Waals surface area contributed by atoms with Crippen molar-refractivity contribution in [3.63, 3.8) is 0 Å². The fourth-order valence-electron chi connectivity index (χ4n) is 2.67. The molecule has 3 nitrogen and oxygen atoms in total. The highest BCUT2D eigenvalue weighted by atomic mass is 32.1. The van der Waals surface area contributed by atoms with Crippen molar-refractivity contribution in [1.29, 1.82) is 0 Å². The Morgan fingerprint density at radius 1 is 1.59 bits per heavy atom. The Balaban J connectivity index is 1.70. The first-order valence-electron chi connectivity index (χ1n) is 6.51. The summed E-state index contributed by atoms with van der Waals surface area (Å²) in [6.45, 7) is 4.20. The number of rotatable bonds is 5. The summed E-state index contributed by atoms with van der Waals surface area (Å²) >= 11 is 1.69. The van der Waals surface area contributed by atoms with Crippen LogP contribution in [0.4, 0.5) is 0 Å². The van der Waals surface area contributed by atoms with Crippen molar-refractivity contribution in [2.75, 3.05) is 13.2 Å². The molecule has 2 unspecified atom stereocenters. The fraction of sp³-hybridized carbons (Fsp3) is 0.769. The van der Waals surface area contributed by atoms with Crippen LogP contribution in [0.3, 0.4) is 0 Å². The largest absolute Gasteiger partial charge is 0.378 e. The molecule has 1 aliphatic heterocycles. The average Bonchev–Trinajstić information content (AvgIpc) is 2.90. The number of hydrogen-bond acceptors (Lipinski definition) is 4. The summed E-state index contributed by atoms with van der Waals surface area (Å²) in [5.41, 5.74) is 3.42. The Kier molecular flexibility index (Phi) is 3.19. The molecule has 1 saturated heterocycles. The Labute approximate surface area is 107 Å². The van der Waals surface area contributed by atoms with Crippen molar-refractivity contribution >= 4 is 11.3 Å². The van der Waals surface area contributed by atoms with Crippen LogP contribution in [0.1, 0.15) is 31.9 Å². The molecule has 2 fully saturated rings. The second-order valence-electron chi connectivity index (χ2n) is 5.44. The van der Waals surface area contributed by atoms with E-state index < -0.39 is 0 Å². The van der Waals surface area contributed by atoms with Gasteiger partial charge < -0.3 is 10.1 Å². The van der Waals surface area contributed by atoms with E-state index in [1.807, 2.05) is 5.51 Å². The van der Waals surface area contributed by atoms with Gasteiger partial charge in [0, 0.05) is 30.0 Å². The highest BCUT2D eigenvalue weighted by Crippen LogP contribution is 2.38. The Morgan fingerprint density at radius 2 is 2.47 bits per heavy atom. The van der Waals surface area contributed by atoms with Crippen LogP contribution in [0, 0.1) is 5.41 Å². The molecule has 0 aromatic carbocycles. The molecule has 0 amide bonds. The van der Waals surface area contributed by atoms with Gasteiger partial charge in [-0.2, -0.15) is 0 Å². The van der Waals surface area contributed by atoms with E-state index in [0.717, 1.165) is 32.0 Å². The summed E-state index contributed by atoms with van der Waals surface area (Å²) in [5, 5.41) is 5.85. The first kappa shape index (κ1) is 11.6. The second kappa shape index (κ2) is 4.67. The zero-order valence-electron chi connectivity index (χ0n) is 10.3. The summed E-state index contributed by atoms with van der Waals surface area (Å²) < 4.78 is 5.81. The van der Waals surface area contributed by atoms with E-state index >= 15 is 0 Å². The number of ether oxygens (including phenoxy) is 1. The normalized spacial score (nSPS) is 33.1. The summed E-state index contributed by atoms with van der Waals surface area (Å²) in [6.07, 6.45) is 5.25. The monoisotopic (exact) mass is 252 g/mol. The van der Waals surface area contributed by atoms with E-state index in [4.69, 9.17) is 4.74 Å². The van der Waals surface area contributed by atoms with Crippen molar-refractivity contribution in [2.45, 2.75) is 44.8 Å². The first-order valence-corrected chi connectivity index (χ1v) is 7.45. The van der Waals surface area contributed by atoms with E-state index in [9.17, 15) is 0 Å². The van der Waals surface area contributed by atoms with Gasteiger partial charge in [0.25, 0.3) is 0 Å². The van der Waals surface area contributed by atoms with Gasteiger partial charge >= 0.3 is 0 Å². The van der Waals surface area contributed by atoms with E-state index in [1.54, 1.807) is 11.3 Å². The molecule has 1 N–H and O–H groups in total. The molecule has 0 spiro atoms. The van der Waals surface area contributed by atoms with Crippen LogP contribution in [0.25, 0.3) is 0 Å². The molecular formula is C13H20N2OS. The lowest BCUT2D eigenvalue weighted by Gasteiger charge is -2.32. The maximum absolute atomic E-state index is 5.81. The molecule has 1 aromatic heterocycles. The van der Waals surface area contributed by atoms with Crippen molar-refractivity contribution in [3.8, 4) is 0 Å². The maximum atomic E-state index is 5.81. The quantitative estimate of drug-likeness (QED) is 0.872. The third-order valence-corrected chi connectivity index (χ3v) is 4.80. The first-order chi connectivity index (χ1) is 8.28. The van der Waals surface area contributed by atoms with Gasteiger partial charge in [0.15, 0.2) is 0 Å². The maximum Gasteiger partial charge on any atom is 0.0794 e. The second-order valence-corrected chi connectivity index (χ2v) is 6.16. The molecule has 3 rings (SSSR count). The van der Waals surface area contributed by atoms with Gasteiger partial charge in [-0.3, -0.25) is 0 Å². The topological polar surface area (TPSA) is 34.1 Å². The third-order valence-electron chi connectivity index (χ3n) is 4.17. The molecule has 1 aromatic rings. The Morgan fingerprint density at radius 3 is 3.06 bits per heavy atom. The number of nitrogens with zero attached hydrogens (tertiary/aromatic N) is 1. The van der Waals surface area contributed by atoms with Crippen molar-refractivity contribution in [3.05, 3.63) is 16.6 Å². The molecule has 2 heterocycles. The summed E-state index contributed by atoms with van der Waals surface area (Å²) in [7, 11) is 0. The molecule has 1 saturated carbocycles. The minimum absolute atomic E-state index is 0.261. The van der Waals surface area contributed by atoms with Gasteiger partial charge in [0.1, 0.15) is 0 Å². The van der Waals surface area contributed by atoms with Crippen LogP contribution in [-0.2, 0) is 11.2 Å². The zero-order valence-corrected chi connectivity index (χ0v) is 11.1. The standard InChI is InChI=1S/C13H20N2OS/c1-10-13(4-5-16-10,8-14-11-2-3-11)6-12-7-17-9-15-12/h7,9-11,14H,2-6,8H2,1H3. The van der Waals surface area contributed by atoms with E-state index in [2.05, 4.69) is 22.6 Å². The molecule has 2 atom stereocenters. The van der Waals surface area contributed by atoms with Gasteiger partial charge in [-0.05, 0) is 32.6 Å². The molecule has 4 heteroatoms. The lowest BCUT2D eigenvalue weighted by Crippen LogP contribution is -2.42. The number of aromatic nitrogens is 1. The number of hydrogen-bond donors (Lipinski definition) is 1. The van der Waals surface area contributed by atoms with Crippen LogP contribution >= 0.6 is 11.3 Å². The molecule has 17 heavy (non-hydrogen) atoms. The van der Waals surface area contributed by atoms with Crippen LogP contribution in [-0.4, -0.2) is 30.3 Å². The van der Waals surface area contributed by atoms with Crippen LogP contribution < -0.4 is 5.32 Å². The smallest absolute Gasteiger partial charge is 0.0794 e. The minimum atomic E-state index is 0.261. The van der Waals surface area contributed by atoms with Gasteiger partial charge in [0.05, 0.1) is 17.3 Å². The predicted octanol–water partition coefficient (Wildman–Crippen LogP) is 2.23. The zero-order chi connectivity index (χ0) is 11.7. The van der Waals surface area contributed by atoms with Gasteiger partial charge in [-0.15, -0.1) is 11.3 Å². The summed E-state index contributed by atoms with van der Waals surface area (Å²) in [6, 6.07) is 0.773. The summed E-state index contributed by atoms with van der Waals surface area (Å²) in [4.78, 5) is 4.44.